The Labute approximate surface area is 218 Å². The molecular formula is C24H32FN9O2S. The number of fused-ring (bicyclic) bond motifs is 1. The van der Waals surface area contributed by atoms with Gasteiger partial charge >= 0.3 is 0 Å². The van der Waals surface area contributed by atoms with Crippen LogP contribution in [-0.2, 0) is 0 Å². The van der Waals surface area contributed by atoms with Crippen molar-refractivity contribution in [2.75, 3.05) is 30.4 Å². The molecule has 2 fully saturated rings. The summed E-state index contributed by atoms with van der Waals surface area (Å²) in [4.78, 5) is 11.2. The second kappa shape index (κ2) is 10.9. The van der Waals surface area contributed by atoms with Gasteiger partial charge in [0.25, 0.3) is 0 Å². The number of hydrogen-bond acceptors (Lipinski definition) is 11. The third-order valence-corrected chi connectivity index (χ3v) is 8.11. The van der Waals surface area contributed by atoms with Crippen LogP contribution in [0.15, 0.2) is 35.6 Å². The van der Waals surface area contributed by atoms with Crippen LogP contribution in [0.4, 0.5) is 21.8 Å². The van der Waals surface area contributed by atoms with E-state index in [4.69, 9.17) is 0 Å². The van der Waals surface area contributed by atoms with Crippen molar-refractivity contribution in [2.24, 2.45) is 0 Å². The summed E-state index contributed by atoms with van der Waals surface area (Å²) in [7, 11) is 0. The Kier molecular flexibility index (Phi) is 7.56. The summed E-state index contributed by atoms with van der Waals surface area (Å²) < 4.78 is 16.2. The lowest BCUT2D eigenvalue weighted by Crippen LogP contribution is -2.55. The fourth-order valence-corrected chi connectivity index (χ4v) is 6.15. The van der Waals surface area contributed by atoms with Crippen LogP contribution < -0.4 is 10.6 Å². The largest absolute Gasteiger partial charge is 0.395 e. The van der Waals surface area contributed by atoms with Gasteiger partial charge in [-0.15, -0.1) is 5.10 Å². The molecule has 198 valence electrons. The van der Waals surface area contributed by atoms with Crippen molar-refractivity contribution in [1.82, 2.24) is 35.1 Å². The number of tetrazole rings is 1. The molecule has 4 heterocycles. The Balaban J connectivity index is 1.31. The van der Waals surface area contributed by atoms with Gasteiger partial charge in [-0.25, -0.2) is 9.37 Å². The van der Waals surface area contributed by atoms with Crippen molar-refractivity contribution < 1.29 is 14.6 Å². The first kappa shape index (κ1) is 25.8. The van der Waals surface area contributed by atoms with E-state index in [1.165, 1.54) is 35.5 Å². The maximum atomic E-state index is 14.7. The van der Waals surface area contributed by atoms with Gasteiger partial charge in [-0.3, -0.25) is 4.90 Å². The highest BCUT2D eigenvalue weighted by Gasteiger charge is 2.43. The van der Waals surface area contributed by atoms with Crippen molar-refractivity contribution in [3.63, 3.8) is 0 Å². The molecule has 0 bridgehead atoms. The van der Waals surface area contributed by atoms with Crippen molar-refractivity contribution >= 4 is 29.2 Å². The molecule has 2 atom stereocenters. The maximum absolute atomic E-state index is 14.7. The van der Waals surface area contributed by atoms with Crippen LogP contribution in [0.5, 0.6) is 0 Å². The number of nitrogens with one attached hydrogen (secondary N) is 2. The van der Waals surface area contributed by atoms with Crippen LogP contribution >= 0.6 is 11.8 Å². The van der Waals surface area contributed by atoms with E-state index in [0.29, 0.717) is 22.6 Å². The van der Waals surface area contributed by atoms with E-state index in [9.17, 15) is 14.6 Å². The van der Waals surface area contributed by atoms with E-state index < -0.39 is 11.1 Å². The van der Waals surface area contributed by atoms with Crippen molar-refractivity contribution in [3.05, 3.63) is 36.3 Å². The number of aliphatic hydroxyl groups is 2. The standard InChI is InChI=1S/C24H32FN9O2S/c1-24(2)11-16(10-17-7-4-8-33(17)24)27-21-20(25)12-26-22(29-21)28-15-5-3-6-18(9-15)34-23(30-31-32-34)37-19(13-35)14-36/h3,5-6,9,12,16-17,19,35-36H,4,7-8,10-11,13-14H2,1-2H3,(H2,26,27,28,29)/t16-,17+/m1/s1. The zero-order chi connectivity index (χ0) is 26.0. The molecule has 2 aliphatic heterocycles. The van der Waals surface area contributed by atoms with Gasteiger partial charge in [-0.2, -0.15) is 9.67 Å². The highest BCUT2D eigenvalue weighted by Crippen LogP contribution is 2.38. The zero-order valence-corrected chi connectivity index (χ0v) is 21.7. The zero-order valence-electron chi connectivity index (χ0n) is 20.9. The van der Waals surface area contributed by atoms with Crippen LogP contribution in [0.3, 0.4) is 0 Å². The number of halogens is 1. The van der Waals surface area contributed by atoms with Crippen LogP contribution in [-0.4, -0.2) is 87.9 Å². The lowest BCUT2D eigenvalue weighted by Gasteiger charge is -2.47. The predicted molar refractivity (Wildman–Crippen MR) is 139 cm³/mol. The van der Waals surface area contributed by atoms with Gasteiger partial charge < -0.3 is 20.8 Å². The number of rotatable bonds is 9. The number of benzene rings is 1. The first-order valence-corrected chi connectivity index (χ1v) is 13.3. The molecule has 0 radical (unpaired) electrons. The highest BCUT2D eigenvalue weighted by molar-refractivity contribution is 7.99. The number of piperidine rings is 1. The van der Waals surface area contributed by atoms with Crippen molar-refractivity contribution in [1.29, 1.82) is 0 Å². The van der Waals surface area contributed by atoms with Crippen LogP contribution in [0.25, 0.3) is 5.69 Å². The molecule has 2 saturated heterocycles. The molecule has 2 aliphatic rings. The summed E-state index contributed by atoms with van der Waals surface area (Å²) in [5, 5.41) is 37.0. The van der Waals surface area contributed by atoms with Crippen molar-refractivity contribution in [3.8, 4) is 5.69 Å². The maximum Gasteiger partial charge on any atom is 0.229 e. The van der Waals surface area contributed by atoms with Crippen LogP contribution in [0.1, 0.15) is 39.5 Å². The molecule has 0 unspecified atom stereocenters. The Bertz CT molecular complexity index is 1220. The molecule has 0 spiro atoms. The average molecular weight is 530 g/mol. The third-order valence-electron chi connectivity index (χ3n) is 7.01. The quantitative estimate of drug-likeness (QED) is 0.304. The Morgan fingerprint density at radius 3 is 2.92 bits per heavy atom. The van der Waals surface area contributed by atoms with Gasteiger partial charge in [-0.05, 0) is 74.7 Å². The van der Waals surface area contributed by atoms with E-state index in [1.54, 1.807) is 0 Å². The topological polar surface area (TPSA) is 137 Å². The fraction of sp³-hybridized carbons (Fsp3) is 0.542. The van der Waals surface area contributed by atoms with E-state index >= 15 is 0 Å². The first-order chi connectivity index (χ1) is 17.9. The monoisotopic (exact) mass is 529 g/mol. The van der Waals surface area contributed by atoms with Gasteiger partial charge in [0.15, 0.2) is 11.6 Å². The minimum Gasteiger partial charge on any atom is -0.395 e. The summed E-state index contributed by atoms with van der Waals surface area (Å²) >= 11 is 1.18. The lowest BCUT2D eigenvalue weighted by molar-refractivity contribution is 0.0500. The molecule has 3 aromatic rings. The Hall–Kier alpha value is -2.87. The normalized spacial score (nSPS) is 21.2. The van der Waals surface area contributed by atoms with Gasteiger partial charge in [0.1, 0.15) is 0 Å². The average Bonchev–Trinajstić information content (AvgIpc) is 3.54. The van der Waals surface area contributed by atoms with E-state index in [2.05, 4.69) is 54.9 Å². The fourth-order valence-electron chi connectivity index (χ4n) is 5.38. The summed E-state index contributed by atoms with van der Waals surface area (Å²) in [6.45, 7) is 5.25. The first-order valence-electron chi connectivity index (χ1n) is 12.5. The lowest BCUT2D eigenvalue weighted by atomic mass is 9.84. The molecule has 37 heavy (non-hydrogen) atoms. The molecule has 0 amide bonds. The number of aliphatic hydroxyl groups excluding tert-OH is 2. The Morgan fingerprint density at radius 1 is 1.27 bits per heavy atom. The number of aromatic nitrogens is 6. The van der Waals surface area contributed by atoms with Gasteiger partial charge in [0.2, 0.25) is 11.1 Å². The molecule has 0 saturated carbocycles. The predicted octanol–water partition coefficient (Wildman–Crippen LogP) is 2.60. The molecule has 1 aromatic carbocycles. The summed E-state index contributed by atoms with van der Waals surface area (Å²) in [6, 6.07) is 7.95. The van der Waals surface area contributed by atoms with E-state index in [1.807, 2.05) is 24.3 Å². The SMILES string of the molecule is CC1(C)C[C@H](Nc2nc(Nc3cccc(-n4nnnc4SC(CO)CO)c3)ncc2F)C[C@@H]2CCCN21. The number of thioether (sulfide) groups is 1. The second-order valence-corrected chi connectivity index (χ2v) is 11.4. The van der Waals surface area contributed by atoms with E-state index in [0.717, 1.165) is 19.4 Å². The molecule has 13 heteroatoms. The number of anilines is 3. The summed E-state index contributed by atoms with van der Waals surface area (Å²) in [6.07, 6.45) is 5.45. The smallest absolute Gasteiger partial charge is 0.229 e. The van der Waals surface area contributed by atoms with E-state index in [-0.39, 0.29) is 36.6 Å². The van der Waals surface area contributed by atoms with Gasteiger partial charge in [-0.1, -0.05) is 17.8 Å². The molecule has 5 rings (SSSR count). The molecular weight excluding hydrogens is 497 g/mol. The molecule has 0 aliphatic carbocycles. The number of nitrogens with zero attached hydrogens (tertiary/aromatic N) is 7. The molecule has 11 nitrogen and oxygen atoms in total. The van der Waals surface area contributed by atoms with Crippen LogP contribution in [0.2, 0.25) is 0 Å². The molecule has 4 N–H and O–H groups in total. The molecule has 2 aromatic heterocycles. The highest BCUT2D eigenvalue weighted by atomic mass is 32.2. The Morgan fingerprint density at radius 2 is 2.11 bits per heavy atom. The second-order valence-electron chi connectivity index (χ2n) is 10.1. The third kappa shape index (κ3) is 5.69. The summed E-state index contributed by atoms with van der Waals surface area (Å²) in [5.74, 6) is -0.0201. The minimum absolute atomic E-state index is 0.0594. The van der Waals surface area contributed by atoms with Gasteiger partial charge in [0.05, 0.1) is 30.3 Å². The van der Waals surface area contributed by atoms with Crippen molar-refractivity contribution in [2.45, 2.75) is 67.6 Å². The number of hydrogen-bond donors (Lipinski definition) is 4. The summed E-state index contributed by atoms with van der Waals surface area (Å²) in [5.41, 5.74) is 1.39. The minimum atomic E-state index is -0.483. The van der Waals surface area contributed by atoms with Crippen LogP contribution in [0, 0.1) is 5.82 Å². The van der Waals surface area contributed by atoms with Gasteiger partial charge in [0, 0.05) is 23.3 Å².